The third-order valence-electron chi connectivity index (χ3n) is 5.46. The SMILES string of the molecule is O=C(O)c1ccc(N2C(=O)[C@@H]3[C@@H]4C[C@H]([C@H](O)[C@H]4O)[C@@H]3C2=O)cc1. The van der Waals surface area contributed by atoms with Gasteiger partial charge in [0.2, 0.25) is 11.8 Å². The summed E-state index contributed by atoms with van der Waals surface area (Å²) >= 11 is 0. The molecule has 7 nitrogen and oxygen atoms in total. The van der Waals surface area contributed by atoms with Gasteiger partial charge < -0.3 is 15.3 Å². The number of anilines is 1. The minimum absolute atomic E-state index is 0.0685. The summed E-state index contributed by atoms with van der Waals surface area (Å²) in [5.41, 5.74) is 0.390. The molecule has 2 amide bonds. The molecule has 6 atom stereocenters. The van der Waals surface area contributed by atoms with Crippen LogP contribution in [-0.2, 0) is 9.59 Å². The Kier molecular flexibility index (Phi) is 2.88. The second-order valence-corrected chi connectivity index (χ2v) is 6.46. The van der Waals surface area contributed by atoms with Gasteiger partial charge in [0.1, 0.15) is 0 Å². The first kappa shape index (κ1) is 14.3. The maximum Gasteiger partial charge on any atom is 0.335 e. The highest BCUT2D eigenvalue weighted by molar-refractivity contribution is 6.22. The first-order valence-corrected chi connectivity index (χ1v) is 7.49. The molecule has 1 aromatic rings. The van der Waals surface area contributed by atoms with E-state index in [9.17, 15) is 24.6 Å². The number of carboxylic acid groups (broad SMARTS) is 1. The van der Waals surface area contributed by atoms with Crippen molar-refractivity contribution < 1.29 is 29.7 Å². The average molecular weight is 317 g/mol. The molecule has 2 saturated carbocycles. The standard InChI is InChI=1S/C16H15NO6/c18-12-8-5-9(13(12)19)11-10(8)14(20)17(15(11)21)7-3-1-6(2-4-7)16(22)23/h1-4,8-13,18-19H,5H2,(H,22,23)/t8-,9-,10-,11+,12-,13-/m0/s1. The van der Waals surface area contributed by atoms with Crippen molar-refractivity contribution in [2.24, 2.45) is 23.7 Å². The molecule has 4 rings (SSSR count). The lowest BCUT2D eigenvalue weighted by atomic mass is 9.78. The summed E-state index contributed by atoms with van der Waals surface area (Å²) < 4.78 is 0. The minimum Gasteiger partial charge on any atom is -0.478 e. The summed E-state index contributed by atoms with van der Waals surface area (Å²) in [7, 11) is 0. The maximum absolute atomic E-state index is 12.7. The lowest BCUT2D eigenvalue weighted by Crippen LogP contribution is -2.43. The van der Waals surface area contributed by atoms with Crippen LogP contribution in [0, 0.1) is 23.7 Å². The van der Waals surface area contributed by atoms with Gasteiger partial charge in [0, 0.05) is 11.8 Å². The van der Waals surface area contributed by atoms with E-state index in [1.54, 1.807) is 0 Å². The molecule has 0 spiro atoms. The van der Waals surface area contributed by atoms with Gasteiger partial charge in [0.15, 0.2) is 0 Å². The Morgan fingerprint density at radius 2 is 1.43 bits per heavy atom. The van der Waals surface area contributed by atoms with Crippen molar-refractivity contribution >= 4 is 23.5 Å². The van der Waals surface area contributed by atoms with Crippen LogP contribution in [0.1, 0.15) is 16.8 Å². The van der Waals surface area contributed by atoms with Crippen LogP contribution in [-0.4, -0.2) is 45.3 Å². The number of hydrogen-bond donors (Lipinski definition) is 3. The fourth-order valence-electron chi connectivity index (χ4n) is 4.44. The molecule has 7 heteroatoms. The lowest BCUT2D eigenvalue weighted by molar-refractivity contribution is -0.129. The van der Waals surface area contributed by atoms with Gasteiger partial charge in [-0.3, -0.25) is 14.5 Å². The molecule has 2 bridgehead atoms. The molecule has 0 unspecified atom stereocenters. The van der Waals surface area contributed by atoms with E-state index in [0.717, 1.165) is 4.90 Å². The van der Waals surface area contributed by atoms with Crippen LogP contribution in [0.15, 0.2) is 24.3 Å². The van der Waals surface area contributed by atoms with E-state index >= 15 is 0 Å². The number of nitrogens with zero attached hydrogens (tertiary/aromatic N) is 1. The Bertz CT molecular complexity index is 682. The molecular formula is C16H15NO6. The third-order valence-corrected chi connectivity index (χ3v) is 5.46. The summed E-state index contributed by atoms with van der Waals surface area (Å²) in [5.74, 6) is -3.80. The quantitative estimate of drug-likeness (QED) is 0.654. The van der Waals surface area contributed by atoms with Crippen molar-refractivity contribution in [1.82, 2.24) is 0 Å². The summed E-state index contributed by atoms with van der Waals surface area (Å²) in [4.78, 5) is 37.3. The van der Waals surface area contributed by atoms with Crippen LogP contribution in [0.25, 0.3) is 0 Å². The molecule has 120 valence electrons. The van der Waals surface area contributed by atoms with Crippen LogP contribution in [0.5, 0.6) is 0 Å². The molecule has 23 heavy (non-hydrogen) atoms. The Labute approximate surface area is 131 Å². The molecule has 3 fully saturated rings. The average Bonchev–Trinajstić information content (AvgIpc) is 3.12. The van der Waals surface area contributed by atoms with E-state index in [4.69, 9.17) is 5.11 Å². The van der Waals surface area contributed by atoms with Gasteiger partial charge in [-0.05, 0) is 30.7 Å². The number of hydrogen-bond acceptors (Lipinski definition) is 5. The first-order chi connectivity index (χ1) is 10.9. The summed E-state index contributed by atoms with van der Waals surface area (Å²) in [6.45, 7) is 0. The monoisotopic (exact) mass is 317 g/mol. The Balaban J connectivity index is 1.68. The highest BCUT2D eigenvalue weighted by atomic mass is 16.4. The molecule has 0 radical (unpaired) electrons. The predicted octanol–water partition coefficient (Wildman–Crippen LogP) is -0.138. The molecule has 2 aliphatic carbocycles. The molecule has 0 aromatic heterocycles. The van der Waals surface area contributed by atoms with Crippen LogP contribution < -0.4 is 4.90 Å². The van der Waals surface area contributed by atoms with E-state index in [0.29, 0.717) is 12.1 Å². The van der Waals surface area contributed by atoms with Gasteiger partial charge in [-0.25, -0.2) is 4.79 Å². The Morgan fingerprint density at radius 1 is 0.957 bits per heavy atom. The number of carboxylic acids is 1. The van der Waals surface area contributed by atoms with Crippen LogP contribution >= 0.6 is 0 Å². The van der Waals surface area contributed by atoms with Gasteiger partial charge in [-0.15, -0.1) is 0 Å². The second kappa shape index (κ2) is 4.62. The number of benzene rings is 1. The van der Waals surface area contributed by atoms with E-state index < -0.39 is 30.0 Å². The Morgan fingerprint density at radius 3 is 1.87 bits per heavy atom. The number of amides is 2. The van der Waals surface area contributed by atoms with E-state index in [1.165, 1.54) is 24.3 Å². The van der Waals surface area contributed by atoms with Crippen molar-refractivity contribution in [3.8, 4) is 0 Å². The lowest BCUT2D eigenvalue weighted by Gasteiger charge is -2.29. The maximum atomic E-state index is 12.7. The van der Waals surface area contributed by atoms with Gasteiger partial charge >= 0.3 is 5.97 Å². The molecule has 3 aliphatic rings. The van der Waals surface area contributed by atoms with Crippen molar-refractivity contribution in [2.45, 2.75) is 18.6 Å². The second-order valence-electron chi connectivity index (χ2n) is 6.46. The summed E-state index contributed by atoms with van der Waals surface area (Å²) in [6, 6.07) is 5.53. The topological polar surface area (TPSA) is 115 Å². The highest BCUT2D eigenvalue weighted by Gasteiger charge is 2.67. The number of carbonyl (C=O) groups excluding carboxylic acids is 2. The number of imide groups is 1. The number of fused-ring (bicyclic) bond motifs is 5. The largest absolute Gasteiger partial charge is 0.478 e. The summed E-state index contributed by atoms with van der Waals surface area (Å²) in [6.07, 6.45) is -1.44. The van der Waals surface area contributed by atoms with Crippen molar-refractivity contribution in [3.05, 3.63) is 29.8 Å². The van der Waals surface area contributed by atoms with Gasteiger partial charge in [-0.1, -0.05) is 0 Å². The zero-order valence-corrected chi connectivity index (χ0v) is 12.0. The van der Waals surface area contributed by atoms with E-state index in [-0.39, 0.29) is 29.2 Å². The summed E-state index contributed by atoms with van der Waals surface area (Å²) in [5, 5.41) is 28.9. The number of aliphatic hydroxyl groups excluding tert-OH is 2. The smallest absolute Gasteiger partial charge is 0.335 e. The number of aromatic carboxylic acids is 1. The highest BCUT2D eigenvalue weighted by Crippen LogP contribution is 2.56. The van der Waals surface area contributed by atoms with Crippen molar-refractivity contribution in [2.75, 3.05) is 4.90 Å². The van der Waals surface area contributed by atoms with Crippen molar-refractivity contribution in [3.63, 3.8) is 0 Å². The molecular weight excluding hydrogens is 302 g/mol. The third kappa shape index (κ3) is 1.74. The van der Waals surface area contributed by atoms with E-state index in [2.05, 4.69) is 0 Å². The minimum atomic E-state index is -1.09. The molecule has 1 aromatic carbocycles. The number of rotatable bonds is 2. The van der Waals surface area contributed by atoms with Crippen LogP contribution in [0.4, 0.5) is 5.69 Å². The number of aliphatic hydroxyl groups is 2. The zero-order chi connectivity index (χ0) is 16.5. The molecule has 1 saturated heterocycles. The zero-order valence-electron chi connectivity index (χ0n) is 12.0. The van der Waals surface area contributed by atoms with Crippen molar-refractivity contribution in [1.29, 1.82) is 0 Å². The first-order valence-electron chi connectivity index (χ1n) is 7.49. The molecule has 1 heterocycles. The van der Waals surface area contributed by atoms with Gasteiger partial charge in [0.25, 0.3) is 0 Å². The normalized spacial score (nSPS) is 38.3. The van der Waals surface area contributed by atoms with Crippen LogP contribution in [0.2, 0.25) is 0 Å². The van der Waals surface area contributed by atoms with Crippen LogP contribution in [0.3, 0.4) is 0 Å². The van der Waals surface area contributed by atoms with Gasteiger partial charge in [0.05, 0.1) is 35.3 Å². The number of carbonyl (C=O) groups is 3. The molecule has 1 aliphatic heterocycles. The molecule has 3 N–H and O–H groups in total. The Hall–Kier alpha value is -2.25. The fourth-order valence-corrected chi connectivity index (χ4v) is 4.44. The van der Waals surface area contributed by atoms with E-state index in [1.807, 2.05) is 0 Å². The fraction of sp³-hybridized carbons (Fsp3) is 0.438. The predicted molar refractivity (Wildman–Crippen MR) is 76.5 cm³/mol. The van der Waals surface area contributed by atoms with Gasteiger partial charge in [-0.2, -0.15) is 0 Å².